The normalized spacial score (nSPS) is 22.9. The van der Waals surface area contributed by atoms with Crippen LogP contribution in [0.25, 0.3) is 0 Å². The molecule has 96 valence electrons. The summed E-state index contributed by atoms with van der Waals surface area (Å²) in [7, 11) is 0. The van der Waals surface area contributed by atoms with Crippen LogP contribution in [0.5, 0.6) is 0 Å². The van der Waals surface area contributed by atoms with Gasteiger partial charge < -0.3 is 10.2 Å². The number of carbonyl (C=O) groups is 2. The van der Waals surface area contributed by atoms with Crippen molar-refractivity contribution in [1.82, 2.24) is 10.3 Å². The molecule has 1 aromatic rings. The summed E-state index contributed by atoms with van der Waals surface area (Å²) >= 11 is 0. The summed E-state index contributed by atoms with van der Waals surface area (Å²) in [5.41, 5.74) is -0.173. The molecule has 0 bridgehead atoms. The van der Waals surface area contributed by atoms with Crippen LogP contribution in [0.3, 0.4) is 0 Å². The third-order valence-electron chi connectivity index (χ3n) is 2.91. The van der Waals surface area contributed by atoms with Crippen molar-refractivity contribution in [2.24, 2.45) is 0 Å². The number of nitrogens with zero attached hydrogens (tertiary/aromatic N) is 1. The van der Waals surface area contributed by atoms with E-state index in [9.17, 15) is 14.0 Å². The molecule has 3 N–H and O–H groups in total. The first kappa shape index (κ1) is 12.4. The fourth-order valence-electron chi connectivity index (χ4n) is 2.00. The van der Waals surface area contributed by atoms with Crippen LogP contribution in [0.4, 0.5) is 4.39 Å². The van der Waals surface area contributed by atoms with Crippen LogP contribution < -0.4 is 5.32 Å². The highest BCUT2D eigenvalue weighted by Crippen LogP contribution is 2.26. The molecule has 0 saturated carbocycles. The number of rotatable bonds is 3. The van der Waals surface area contributed by atoms with Gasteiger partial charge in [-0.3, -0.25) is 10.1 Å². The number of hydrogen-bond donors (Lipinski definition) is 3. The van der Waals surface area contributed by atoms with E-state index >= 15 is 0 Å². The Hall–Kier alpha value is -2.02. The zero-order chi connectivity index (χ0) is 13.3. The number of pyridine rings is 1. The van der Waals surface area contributed by atoms with E-state index in [1.165, 1.54) is 6.20 Å². The molecule has 2 unspecified atom stereocenters. The predicted octanol–water partition coefficient (Wildman–Crippen LogP) is 0.797. The lowest BCUT2D eigenvalue weighted by molar-refractivity contribution is -0.139. The monoisotopic (exact) mass is 254 g/mol. The van der Waals surface area contributed by atoms with Gasteiger partial charge in [0.15, 0.2) is 11.5 Å². The lowest BCUT2D eigenvalue weighted by Gasteiger charge is -2.12. The van der Waals surface area contributed by atoms with Gasteiger partial charge in [-0.1, -0.05) is 0 Å². The van der Waals surface area contributed by atoms with Crippen molar-refractivity contribution in [2.45, 2.75) is 24.9 Å². The minimum atomic E-state index is -1.43. The van der Waals surface area contributed by atoms with Crippen molar-refractivity contribution in [1.29, 1.82) is 0 Å². The lowest BCUT2D eigenvalue weighted by atomic mass is 10.1. The zero-order valence-corrected chi connectivity index (χ0v) is 9.26. The fourth-order valence-corrected chi connectivity index (χ4v) is 2.00. The molecule has 0 spiro atoms. The van der Waals surface area contributed by atoms with E-state index in [2.05, 4.69) is 10.3 Å². The molecule has 0 aromatic carbocycles. The summed E-state index contributed by atoms with van der Waals surface area (Å²) in [6, 6.07) is 0.117. The van der Waals surface area contributed by atoms with Gasteiger partial charge in [-0.25, -0.2) is 14.2 Å². The first-order valence-corrected chi connectivity index (χ1v) is 5.36. The van der Waals surface area contributed by atoms with E-state index in [4.69, 9.17) is 10.2 Å². The van der Waals surface area contributed by atoms with Crippen LogP contribution in [0, 0.1) is 5.82 Å². The van der Waals surface area contributed by atoms with Crippen molar-refractivity contribution in [3.63, 3.8) is 0 Å². The topological polar surface area (TPSA) is 99.5 Å². The molecule has 1 fully saturated rings. The van der Waals surface area contributed by atoms with Crippen LogP contribution >= 0.6 is 0 Å². The van der Waals surface area contributed by atoms with Gasteiger partial charge in [0.05, 0.1) is 0 Å². The average molecular weight is 254 g/mol. The second-order valence-corrected chi connectivity index (χ2v) is 4.09. The minimum absolute atomic E-state index is 0.309. The number of aliphatic carboxylic acids is 1. The molecule has 0 radical (unpaired) electrons. The molecule has 0 aliphatic carbocycles. The maximum Gasteiger partial charge on any atom is 0.357 e. The van der Waals surface area contributed by atoms with E-state index in [-0.39, 0.29) is 6.04 Å². The molecule has 1 saturated heterocycles. The highest BCUT2D eigenvalue weighted by atomic mass is 19.1. The van der Waals surface area contributed by atoms with Gasteiger partial charge in [0.2, 0.25) is 0 Å². The van der Waals surface area contributed by atoms with Crippen molar-refractivity contribution in [3.05, 3.63) is 29.3 Å². The van der Waals surface area contributed by atoms with Crippen LogP contribution in [-0.2, 0) is 4.79 Å². The molecule has 18 heavy (non-hydrogen) atoms. The van der Waals surface area contributed by atoms with E-state index in [1.807, 2.05) is 0 Å². The number of nitrogens with one attached hydrogen (secondary N) is 1. The number of carboxylic acid groups (broad SMARTS) is 2. The predicted molar refractivity (Wildman–Crippen MR) is 57.7 cm³/mol. The Labute approximate surface area is 101 Å². The maximum absolute atomic E-state index is 13.4. The molecule has 1 aliphatic rings. The highest BCUT2D eigenvalue weighted by molar-refractivity contribution is 5.85. The number of hydrogen-bond acceptors (Lipinski definition) is 4. The van der Waals surface area contributed by atoms with Gasteiger partial charge in [0.25, 0.3) is 0 Å². The first-order chi connectivity index (χ1) is 8.49. The molecule has 6 nitrogen and oxygen atoms in total. The summed E-state index contributed by atoms with van der Waals surface area (Å²) < 4.78 is 13.4. The maximum atomic E-state index is 13.4. The van der Waals surface area contributed by atoms with Gasteiger partial charge in [-0.15, -0.1) is 0 Å². The second kappa shape index (κ2) is 4.69. The van der Waals surface area contributed by atoms with Gasteiger partial charge in [-0.05, 0) is 24.5 Å². The van der Waals surface area contributed by atoms with E-state index in [0.717, 1.165) is 6.07 Å². The Morgan fingerprint density at radius 1 is 1.39 bits per heavy atom. The summed E-state index contributed by atoms with van der Waals surface area (Å²) in [6.45, 7) is 0. The Bertz CT molecular complexity index is 506. The molecule has 1 aromatic heterocycles. The summed E-state index contributed by atoms with van der Waals surface area (Å²) in [4.78, 5) is 24.9. The smallest absolute Gasteiger partial charge is 0.357 e. The van der Waals surface area contributed by atoms with E-state index in [1.54, 1.807) is 0 Å². The fraction of sp³-hybridized carbons (Fsp3) is 0.364. The van der Waals surface area contributed by atoms with Crippen molar-refractivity contribution in [3.8, 4) is 0 Å². The Morgan fingerprint density at radius 2 is 2.11 bits per heavy atom. The third-order valence-corrected chi connectivity index (χ3v) is 2.91. The molecule has 7 heteroatoms. The molecule has 1 aliphatic heterocycles. The number of aromatic carboxylic acids is 1. The van der Waals surface area contributed by atoms with Gasteiger partial charge in [0.1, 0.15) is 6.04 Å². The van der Waals surface area contributed by atoms with Crippen molar-refractivity contribution >= 4 is 11.9 Å². The Kier molecular flexibility index (Phi) is 3.24. The minimum Gasteiger partial charge on any atom is -0.480 e. The lowest BCUT2D eigenvalue weighted by Crippen LogP contribution is -2.31. The molecular weight excluding hydrogens is 243 g/mol. The van der Waals surface area contributed by atoms with Gasteiger partial charge in [0, 0.05) is 12.2 Å². The highest BCUT2D eigenvalue weighted by Gasteiger charge is 2.30. The first-order valence-electron chi connectivity index (χ1n) is 5.36. The van der Waals surface area contributed by atoms with E-state index < -0.39 is 29.5 Å². The number of halogens is 1. The molecule has 2 atom stereocenters. The van der Waals surface area contributed by atoms with Crippen LogP contribution in [0.15, 0.2) is 12.3 Å². The van der Waals surface area contributed by atoms with Crippen LogP contribution in [-0.4, -0.2) is 33.2 Å². The largest absolute Gasteiger partial charge is 0.480 e. The second-order valence-electron chi connectivity index (χ2n) is 4.09. The Balaban J connectivity index is 2.18. The SMILES string of the molecule is O=C(O)c1ncc(C2CCC(C(=O)O)N2)cc1F. The summed E-state index contributed by atoms with van der Waals surface area (Å²) in [6.07, 6.45) is 2.25. The van der Waals surface area contributed by atoms with Gasteiger partial charge in [-0.2, -0.15) is 0 Å². The van der Waals surface area contributed by atoms with Crippen LogP contribution in [0.2, 0.25) is 0 Å². The molecular formula is C11H11FN2O4. The standard InChI is InChI=1S/C11H11FN2O4/c12-6-3-5(4-13-9(6)11(17)18)7-1-2-8(14-7)10(15)16/h3-4,7-8,14H,1-2H2,(H,15,16)(H,17,18). The summed E-state index contributed by atoms with van der Waals surface area (Å²) in [5, 5.41) is 20.3. The third kappa shape index (κ3) is 2.30. The molecule has 2 heterocycles. The average Bonchev–Trinajstić information content (AvgIpc) is 2.77. The zero-order valence-electron chi connectivity index (χ0n) is 9.26. The van der Waals surface area contributed by atoms with E-state index in [0.29, 0.717) is 18.4 Å². The Morgan fingerprint density at radius 3 is 2.61 bits per heavy atom. The summed E-state index contributed by atoms with van der Waals surface area (Å²) in [5.74, 6) is -3.30. The number of aromatic nitrogens is 1. The molecule has 0 amide bonds. The number of carboxylic acids is 2. The molecule has 2 rings (SSSR count). The van der Waals surface area contributed by atoms with Crippen molar-refractivity contribution < 1.29 is 24.2 Å². The van der Waals surface area contributed by atoms with Gasteiger partial charge >= 0.3 is 11.9 Å². The van der Waals surface area contributed by atoms with Crippen molar-refractivity contribution in [2.75, 3.05) is 0 Å². The van der Waals surface area contributed by atoms with Crippen LogP contribution in [0.1, 0.15) is 34.9 Å². The quantitative estimate of drug-likeness (QED) is 0.737.